The molecular formula is C18H19N3O2S. The molecule has 0 heterocycles. The fraction of sp³-hybridized carbons (Fsp3) is 0.167. The van der Waals surface area contributed by atoms with Gasteiger partial charge < -0.3 is 10.6 Å². The maximum absolute atomic E-state index is 12.1. The highest BCUT2D eigenvalue weighted by molar-refractivity contribution is 7.80. The van der Waals surface area contributed by atoms with Crippen molar-refractivity contribution < 1.29 is 9.59 Å². The Bertz CT molecular complexity index is 757. The topological polar surface area (TPSA) is 70.2 Å². The van der Waals surface area contributed by atoms with Crippen LogP contribution in [-0.2, 0) is 0 Å². The highest BCUT2D eigenvalue weighted by Gasteiger charge is 2.09. The fourth-order valence-corrected chi connectivity index (χ4v) is 2.25. The van der Waals surface area contributed by atoms with E-state index in [0.29, 0.717) is 23.4 Å². The average Bonchev–Trinajstić information content (AvgIpc) is 2.55. The monoisotopic (exact) mass is 341 g/mol. The number of nitrogens with one attached hydrogen (secondary N) is 3. The van der Waals surface area contributed by atoms with Crippen LogP contribution in [0.1, 0.15) is 33.2 Å². The minimum atomic E-state index is -0.285. The number of hydrogen-bond acceptors (Lipinski definition) is 3. The molecule has 3 N–H and O–H groups in total. The number of carbonyl (C=O) groups excluding carboxylic acids is 2. The van der Waals surface area contributed by atoms with Crippen molar-refractivity contribution >= 4 is 34.8 Å². The Hall–Kier alpha value is -2.73. The molecule has 2 aromatic carbocycles. The third kappa shape index (κ3) is 4.89. The first-order valence-electron chi connectivity index (χ1n) is 7.57. The van der Waals surface area contributed by atoms with E-state index in [1.54, 1.807) is 36.4 Å². The molecular weight excluding hydrogens is 322 g/mol. The second kappa shape index (κ2) is 8.21. The number of rotatable bonds is 4. The number of thiocarbonyl (C=S) groups is 1. The Morgan fingerprint density at radius 1 is 1.00 bits per heavy atom. The van der Waals surface area contributed by atoms with Gasteiger partial charge in [0.25, 0.3) is 11.8 Å². The molecule has 124 valence electrons. The molecule has 0 unspecified atom stereocenters. The summed E-state index contributed by atoms with van der Waals surface area (Å²) in [5.41, 5.74) is 2.76. The molecule has 0 aromatic heterocycles. The van der Waals surface area contributed by atoms with E-state index in [1.165, 1.54) is 0 Å². The third-order valence-electron chi connectivity index (χ3n) is 3.26. The zero-order valence-electron chi connectivity index (χ0n) is 13.6. The maximum atomic E-state index is 12.1. The number of amides is 2. The molecule has 0 atom stereocenters. The SMILES string of the molecule is CCNC(=O)c1cccc(NC(=S)NC(=O)c2ccc(C)cc2)c1. The van der Waals surface area contributed by atoms with Crippen LogP contribution in [0.25, 0.3) is 0 Å². The second-order valence-electron chi connectivity index (χ2n) is 5.21. The van der Waals surface area contributed by atoms with E-state index < -0.39 is 0 Å². The Kier molecular flexibility index (Phi) is 6.03. The van der Waals surface area contributed by atoms with Crippen LogP contribution in [0.3, 0.4) is 0 Å². The van der Waals surface area contributed by atoms with Crippen LogP contribution in [0.4, 0.5) is 5.69 Å². The average molecular weight is 341 g/mol. The van der Waals surface area contributed by atoms with Crippen molar-refractivity contribution in [2.75, 3.05) is 11.9 Å². The van der Waals surface area contributed by atoms with Crippen LogP contribution in [-0.4, -0.2) is 23.5 Å². The molecule has 2 aromatic rings. The Morgan fingerprint density at radius 3 is 2.38 bits per heavy atom. The van der Waals surface area contributed by atoms with Gasteiger partial charge in [0.2, 0.25) is 0 Å². The van der Waals surface area contributed by atoms with E-state index in [2.05, 4.69) is 16.0 Å². The minimum absolute atomic E-state index is 0.157. The van der Waals surface area contributed by atoms with E-state index >= 15 is 0 Å². The van der Waals surface area contributed by atoms with Crippen LogP contribution >= 0.6 is 12.2 Å². The van der Waals surface area contributed by atoms with Gasteiger partial charge >= 0.3 is 0 Å². The normalized spacial score (nSPS) is 9.92. The summed E-state index contributed by atoms with van der Waals surface area (Å²) in [5.74, 6) is -0.442. The van der Waals surface area contributed by atoms with E-state index in [4.69, 9.17) is 12.2 Å². The summed E-state index contributed by atoms with van der Waals surface area (Å²) in [5, 5.41) is 8.44. The number of carbonyl (C=O) groups is 2. The van der Waals surface area contributed by atoms with Gasteiger partial charge in [-0.3, -0.25) is 14.9 Å². The van der Waals surface area contributed by atoms with Crippen molar-refractivity contribution in [3.05, 3.63) is 65.2 Å². The molecule has 0 aliphatic carbocycles. The largest absolute Gasteiger partial charge is 0.352 e. The smallest absolute Gasteiger partial charge is 0.257 e. The number of anilines is 1. The highest BCUT2D eigenvalue weighted by Crippen LogP contribution is 2.11. The molecule has 6 heteroatoms. The van der Waals surface area contributed by atoms with Crippen LogP contribution in [0, 0.1) is 6.92 Å². The van der Waals surface area contributed by atoms with Crippen LogP contribution < -0.4 is 16.0 Å². The number of hydrogen-bond donors (Lipinski definition) is 3. The number of benzene rings is 2. The second-order valence-corrected chi connectivity index (χ2v) is 5.62. The fourth-order valence-electron chi connectivity index (χ4n) is 2.04. The molecule has 0 radical (unpaired) electrons. The van der Waals surface area contributed by atoms with Crippen molar-refractivity contribution in [3.8, 4) is 0 Å². The minimum Gasteiger partial charge on any atom is -0.352 e. The molecule has 0 spiro atoms. The summed E-state index contributed by atoms with van der Waals surface area (Å²) >= 11 is 5.15. The van der Waals surface area contributed by atoms with Crippen LogP contribution in [0.15, 0.2) is 48.5 Å². The Labute approximate surface area is 146 Å². The van der Waals surface area contributed by atoms with Gasteiger partial charge in [0.05, 0.1) is 0 Å². The van der Waals surface area contributed by atoms with Crippen molar-refractivity contribution in [2.45, 2.75) is 13.8 Å². The molecule has 0 saturated heterocycles. The molecule has 2 amide bonds. The molecule has 2 rings (SSSR count). The Balaban J connectivity index is 1.99. The van der Waals surface area contributed by atoms with E-state index in [1.807, 2.05) is 26.0 Å². The predicted octanol–water partition coefficient (Wildman–Crippen LogP) is 2.87. The zero-order valence-corrected chi connectivity index (χ0v) is 14.4. The summed E-state index contributed by atoms with van der Waals surface area (Å²) in [6.07, 6.45) is 0. The zero-order chi connectivity index (χ0) is 17.5. The van der Waals surface area contributed by atoms with Crippen molar-refractivity contribution in [2.24, 2.45) is 0 Å². The number of aryl methyl sites for hydroxylation is 1. The highest BCUT2D eigenvalue weighted by atomic mass is 32.1. The third-order valence-corrected chi connectivity index (χ3v) is 3.46. The van der Waals surface area contributed by atoms with Gasteiger partial charge in [0.15, 0.2) is 5.11 Å². The quantitative estimate of drug-likeness (QED) is 0.748. The lowest BCUT2D eigenvalue weighted by molar-refractivity contribution is 0.0953. The molecule has 24 heavy (non-hydrogen) atoms. The summed E-state index contributed by atoms with van der Waals surface area (Å²) < 4.78 is 0. The van der Waals surface area contributed by atoms with E-state index in [9.17, 15) is 9.59 Å². The van der Waals surface area contributed by atoms with Gasteiger partial charge in [-0.1, -0.05) is 23.8 Å². The van der Waals surface area contributed by atoms with Gasteiger partial charge in [-0.25, -0.2) is 0 Å². The van der Waals surface area contributed by atoms with E-state index in [-0.39, 0.29) is 16.9 Å². The standard InChI is InChI=1S/C18H19N3O2S/c1-3-19-16(22)14-5-4-6-15(11-14)20-18(24)21-17(23)13-9-7-12(2)8-10-13/h4-11H,3H2,1-2H3,(H,19,22)(H2,20,21,23,24). The first-order valence-corrected chi connectivity index (χ1v) is 7.97. The predicted molar refractivity (Wildman–Crippen MR) is 99.3 cm³/mol. The lowest BCUT2D eigenvalue weighted by atomic mass is 10.1. The lowest BCUT2D eigenvalue weighted by Gasteiger charge is -2.11. The molecule has 0 saturated carbocycles. The van der Waals surface area contributed by atoms with Gasteiger partial charge in [0, 0.05) is 23.4 Å². The summed E-state index contributed by atoms with van der Waals surface area (Å²) in [7, 11) is 0. The van der Waals surface area contributed by atoms with Crippen molar-refractivity contribution in [1.29, 1.82) is 0 Å². The maximum Gasteiger partial charge on any atom is 0.257 e. The molecule has 0 bridgehead atoms. The lowest BCUT2D eigenvalue weighted by Crippen LogP contribution is -2.34. The summed E-state index contributed by atoms with van der Waals surface area (Å²) in [4.78, 5) is 23.9. The van der Waals surface area contributed by atoms with Crippen LogP contribution in [0.5, 0.6) is 0 Å². The summed E-state index contributed by atoms with van der Waals surface area (Å²) in [6, 6.07) is 14.1. The summed E-state index contributed by atoms with van der Waals surface area (Å²) in [6.45, 7) is 4.37. The van der Waals surface area contributed by atoms with Gasteiger partial charge in [-0.15, -0.1) is 0 Å². The first kappa shape index (κ1) is 17.6. The molecule has 5 nitrogen and oxygen atoms in total. The molecule has 0 aliphatic heterocycles. The Morgan fingerprint density at radius 2 is 1.71 bits per heavy atom. The van der Waals surface area contributed by atoms with Gasteiger partial charge in [-0.05, 0) is 56.4 Å². The van der Waals surface area contributed by atoms with Crippen molar-refractivity contribution in [1.82, 2.24) is 10.6 Å². The molecule has 0 fully saturated rings. The molecule has 0 aliphatic rings. The van der Waals surface area contributed by atoms with Gasteiger partial charge in [-0.2, -0.15) is 0 Å². The van der Waals surface area contributed by atoms with Gasteiger partial charge in [0.1, 0.15) is 0 Å². The van der Waals surface area contributed by atoms with Crippen molar-refractivity contribution in [3.63, 3.8) is 0 Å². The first-order chi connectivity index (χ1) is 11.5. The van der Waals surface area contributed by atoms with E-state index in [0.717, 1.165) is 5.56 Å². The van der Waals surface area contributed by atoms with Crippen LogP contribution in [0.2, 0.25) is 0 Å².